The molecule has 4 rings (SSSR count). The van der Waals surface area contributed by atoms with Gasteiger partial charge in [0.05, 0.1) is 25.4 Å². The monoisotopic (exact) mass is 377 g/mol. The van der Waals surface area contributed by atoms with Crippen molar-refractivity contribution < 1.29 is 14.3 Å². The smallest absolute Gasteiger partial charge is 0.254 e. The van der Waals surface area contributed by atoms with Gasteiger partial charge in [-0.05, 0) is 30.3 Å². The quantitative estimate of drug-likeness (QED) is 0.699. The Morgan fingerprint density at radius 3 is 2.43 bits per heavy atom. The lowest BCUT2D eigenvalue weighted by Crippen LogP contribution is -2.48. The first-order valence-electron chi connectivity index (χ1n) is 9.31. The number of benzene rings is 2. The predicted octanol–water partition coefficient (Wildman–Crippen LogP) is 3.21. The van der Waals surface area contributed by atoms with Crippen molar-refractivity contribution in [2.75, 3.05) is 45.3 Å². The van der Waals surface area contributed by atoms with Crippen molar-refractivity contribution in [3.8, 4) is 11.5 Å². The van der Waals surface area contributed by atoms with E-state index in [4.69, 9.17) is 9.47 Å². The van der Waals surface area contributed by atoms with Crippen LogP contribution >= 0.6 is 0 Å². The van der Waals surface area contributed by atoms with E-state index in [9.17, 15) is 4.79 Å². The fourth-order valence-electron chi connectivity index (χ4n) is 3.65. The number of nitrogens with zero attached hydrogens (tertiary/aromatic N) is 3. The van der Waals surface area contributed by atoms with Crippen LogP contribution in [0.25, 0.3) is 10.9 Å². The molecule has 0 N–H and O–H groups in total. The number of carbonyl (C=O) groups excluding carboxylic acids is 1. The molecule has 6 heteroatoms. The molecule has 2 heterocycles. The van der Waals surface area contributed by atoms with Crippen LogP contribution in [0.1, 0.15) is 10.4 Å². The molecular weight excluding hydrogens is 354 g/mol. The normalized spacial score (nSPS) is 14.2. The molecule has 0 spiro atoms. The molecule has 1 aliphatic heterocycles. The van der Waals surface area contributed by atoms with Crippen molar-refractivity contribution >= 4 is 22.5 Å². The van der Waals surface area contributed by atoms with Crippen molar-refractivity contribution in [2.45, 2.75) is 0 Å². The summed E-state index contributed by atoms with van der Waals surface area (Å²) in [6.45, 7) is 2.87. The second-order valence-corrected chi connectivity index (χ2v) is 6.70. The average molecular weight is 377 g/mol. The van der Waals surface area contributed by atoms with Crippen LogP contribution in [0.3, 0.4) is 0 Å². The van der Waals surface area contributed by atoms with E-state index in [2.05, 4.69) is 34.1 Å². The number of rotatable bonds is 4. The van der Waals surface area contributed by atoms with Gasteiger partial charge in [0.2, 0.25) is 0 Å². The highest BCUT2D eigenvalue weighted by Gasteiger charge is 2.24. The van der Waals surface area contributed by atoms with Gasteiger partial charge in [-0.2, -0.15) is 0 Å². The Hall–Kier alpha value is -3.28. The summed E-state index contributed by atoms with van der Waals surface area (Å²) in [4.78, 5) is 21.7. The summed E-state index contributed by atoms with van der Waals surface area (Å²) in [6.07, 6.45) is 1.82. The molecule has 2 aromatic carbocycles. The Morgan fingerprint density at radius 1 is 0.929 bits per heavy atom. The third kappa shape index (κ3) is 3.33. The Kier molecular flexibility index (Phi) is 5.02. The summed E-state index contributed by atoms with van der Waals surface area (Å²) in [5.41, 5.74) is 2.74. The van der Waals surface area contributed by atoms with Gasteiger partial charge < -0.3 is 19.3 Å². The number of methoxy groups -OCH3 is 2. The summed E-state index contributed by atoms with van der Waals surface area (Å²) < 4.78 is 10.6. The standard InChI is InChI=1S/C22H23N3O3/c1-27-19-9-8-17(15-20(19)28-2)22(26)25-13-11-24(12-14-25)18-7-3-5-16-6-4-10-23-21(16)18/h3-10,15H,11-14H2,1-2H3. The lowest BCUT2D eigenvalue weighted by molar-refractivity contribution is 0.0746. The fourth-order valence-corrected chi connectivity index (χ4v) is 3.65. The first-order valence-corrected chi connectivity index (χ1v) is 9.31. The maximum absolute atomic E-state index is 12.9. The number of anilines is 1. The first kappa shape index (κ1) is 18.1. The minimum atomic E-state index is 0.0108. The molecule has 1 aliphatic rings. The van der Waals surface area contributed by atoms with E-state index in [0.717, 1.165) is 29.7 Å². The third-order valence-corrected chi connectivity index (χ3v) is 5.15. The third-order valence-electron chi connectivity index (χ3n) is 5.15. The molecule has 1 fully saturated rings. The van der Waals surface area contributed by atoms with Crippen LogP contribution in [0.5, 0.6) is 11.5 Å². The lowest BCUT2D eigenvalue weighted by Gasteiger charge is -2.36. The predicted molar refractivity (Wildman–Crippen MR) is 109 cm³/mol. The molecule has 6 nitrogen and oxygen atoms in total. The van der Waals surface area contributed by atoms with E-state index in [1.54, 1.807) is 32.4 Å². The van der Waals surface area contributed by atoms with Crippen LogP contribution in [0.15, 0.2) is 54.7 Å². The highest BCUT2D eigenvalue weighted by atomic mass is 16.5. The molecule has 1 amide bonds. The summed E-state index contributed by atoms with van der Waals surface area (Å²) in [7, 11) is 3.16. The van der Waals surface area contributed by atoms with E-state index in [-0.39, 0.29) is 5.91 Å². The second kappa shape index (κ2) is 7.76. The van der Waals surface area contributed by atoms with Crippen LogP contribution in [0, 0.1) is 0 Å². The molecule has 1 saturated heterocycles. The first-order chi connectivity index (χ1) is 13.7. The molecule has 28 heavy (non-hydrogen) atoms. The highest BCUT2D eigenvalue weighted by molar-refractivity contribution is 5.95. The van der Waals surface area contributed by atoms with Crippen molar-refractivity contribution in [1.29, 1.82) is 0 Å². The summed E-state index contributed by atoms with van der Waals surface area (Å²) >= 11 is 0. The lowest BCUT2D eigenvalue weighted by atomic mass is 10.1. The fraction of sp³-hybridized carbons (Fsp3) is 0.273. The van der Waals surface area contributed by atoms with Gasteiger partial charge in [-0.1, -0.05) is 18.2 Å². The zero-order chi connectivity index (χ0) is 19.5. The van der Waals surface area contributed by atoms with Crippen molar-refractivity contribution in [3.05, 3.63) is 60.3 Å². The number of hydrogen-bond donors (Lipinski definition) is 0. The molecule has 0 saturated carbocycles. The number of carbonyl (C=O) groups is 1. The second-order valence-electron chi connectivity index (χ2n) is 6.70. The van der Waals surface area contributed by atoms with Crippen LogP contribution in [-0.4, -0.2) is 56.2 Å². The maximum Gasteiger partial charge on any atom is 0.254 e. The molecule has 1 aromatic heterocycles. The van der Waals surface area contributed by atoms with Gasteiger partial charge in [0, 0.05) is 43.3 Å². The molecule has 0 unspecified atom stereocenters. The van der Waals surface area contributed by atoms with E-state index >= 15 is 0 Å². The van der Waals surface area contributed by atoms with Gasteiger partial charge in [-0.3, -0.25) is 9.78 Å². The zero-order valence-corrected chi connectivity index (χ0v) is 16.1. The molecule has 0 atom stereocenters. The number of para-hydroxylation sites is 1. The summed E-state index contributed by atoms with van der Waals surface area (Å²) in [6, 6.07) is 15.5. The summed E-state index contributed by atoms with van der Waals surface area (Å²) in [5, 5.41) is 1.13. The Morgan fingerprint density at radius 2 is 1.68 bits per heavy atom. The van der Waals surface area contributed by atoms with Gasteiger partial charge in [0.15, 0.2) is 11.5 Å². The van der Waals surface area contributed by atoms with E-state index in [1.165, 1.54) is 0 Å². The van der Waals surface area contributed by atoms with Gasteiger partial charge in [0.25, 0.3) is 5.91 Å². The van der Waals surface area contributed by atoms with Crippen molar-refractivity contribution in [2.24, 2.45) is 0 Å². The van der Waals surface area contributed by atoms with Crippen LogP contribution in [0.4, 0.5) is 5.69 Å². The van der Waals surface area contributed by atoms with E-state index in [1.807, 2.05) is 17.2 Å². The van der Waals surface area contributed by atoms with E-state index < -0.39 is 0 Å². The molecular formula is C22H23N3O3. The summed E-state index contributed by atoms with van der Waals surface area (Å²) in [5.74, 6) is 1.19. The number of aromatic nitrogens is 1. The number of pyridine rings is 1. The Labute approximate surface area is 164 Å². The Bertz CT molecular complexity index is 992. The Balaban J connectivity index is 1.49. The van der Waals surface area contributed by atoms with Crippen LogP contribution < -0.4 is 14.4 Å². The zero-order valence-electron chi connectivity index (χ0n) is 16.1. The van der Waals surface area contributed by atoms with Crippen LogP contribution in [-0.2, 0) is 0 Å². The largest absolute Gasteiger partial charge is 0.493 e. The molecule has 0 bridgehead atoms. The van der Waals surface area contributed by atoms with Gasteiger partial charge in [0.1, 0.15) is 0 Å². The molecule has 144 valence electrons. The maximum atomic E-state index is 12.9. The van der Waals surface area contributed by atoms with E-state index in [0.29, 0.717) is 30.2 Å². The van der Waals surface area contributed by atoms with Gasteiger partial charge in [-0.15, -0.1) is 0 Å². The molecule has 0 aliphatic carbocycles. The number of amides is 1. The van der Waals surface area contributed by atoms with Gasteiger partial charge >= 0.3 is 0 Å². The van der Waals surface area contributed by atoms with Crippen LogP contribution in [0.2, 0.25) is 0 Å². The number of piperazine rings is 1. The van der Waals surface area contributed by atoms with Crippen molar-refractivity contribution in [3.63, 3.8) is 0 Å². The van der Waals surface area contributed by atoms with Gasteiger partial charge in [-0.25, -0.2) is 0 Å². The number of hydrogen-bond acceptors (Lipinski definition) is 5. The number of ether oxygens (including phenoxy) is 2. The SMILES string of the molecule is COc1ccc(C(=O)N2CCN(c3cccc4cccnc34)CC2)cc1OC. The topological polar surface area (TPSA) is 54.9 Å². The average Bonchev–Trinajstić information content (AvgIpc) is 2.77. The highest BCUT2D eigenvalue weighted by Crippen LogP contribution is 2.29. The van der Waals surface area contributed by atoms with Crippen molar-refractivity contribution in [1.82, 2.24) is 9.88 Å². The molecule has 0 radical (unpaired) electrons. The molecule has 3 aromatic rings. The number of fused-ring (bicyclic) bond motifs is 1. The minimum absolute atomic E-state index is 0.0108. The minimum Gasteiger partial charge on any atom is -0.493 e.